The fourth-order valence-corrected chi connectivity index (χ4v) is 4.62. The summed E-state index contributed by atoms with van der Waals surface area (Å²) in [7, 11) is 1.53. The lowest BCUT2D eigenvalue weighted by atomic mass is 9.95. The van der Waals surface area contributed by atoms with E-state index in [0.29, 0.717) is 55.4 Å². The largest absolute Gasteiger partial charge is 0.507 e. The summed E-state index contributed by atoms with van der Waals surface area (Å²) in [4.78, 5) is 30.3. The second kappa shape index (κ2) is 11.9. The maximum absolute atomic E-state index is 13.2. The van der Waals surface area contributed by atoms with Crippen molar-refractivity contribution in [3.05, 3.63) is 77.9 Å². The first-order valence-corrected chi connectivity index (χ1v) is 12.1. The van der Waals surface area contributed by atoms with Crippen molar-refractivity contribution in [2.75, 3.05) is 53.1 Å². The lowest BCUT2D eigenvalue weighted by molar-refractivity contribution is -0.140. The van der Waals surface area contributed by atoms with Crippen molar-refractivity contribution in [2.24, 2.45) is 0 Å². The molecule has 0 spiro atoms. The average molecular weight is 493 g/mol. The van der Waals surface area contributed by atoms with Crippen LogP contribution in [-0.4, -0.2) is 79.7 Å². The molecule has 36 heavy (non-hydrogen) atoms. The molecule has 0 radical (unpaired) electrons. The van der Waals surface area contributed by atoms with Gasteiger partial charge in [-0.25, -0.2) is 0 Å². The molecule has 0 bridgehead atoms. The van der Waals surface area contributed by atoms with Crippen molar-refractivity contribution < 1.29 is 28.9 Å². The molecule has 190 valence electrons. The quantitative estimate of drug-likeness (QED) is 0.235. The zero-order valence-electron chi connectivity index (χ0n) is 20.5. The number of likely N-dealkylation sites (tertiary alicyclic amines) is 1. The van der Waals surface area contributed by atoms with Gasteiger partial charge in [0.1, 0.15) is 12.4 Å². The second-order valence-electron chi connectivity index (χ2n) is 8.68. The van der Waals surface area contributed by atoms with E-state index >= 15 is 0 Å². The van der Waals surface area contributed by atoms with Gasteiger partial charge in [-0.2, -0.15) is 0 Å². The highest BCUT2D eigenvalue weighted by Crippen LogP contribution is 2.42. The van der Waals surface area contributed by atoms with Gasteiger partial charge in [0.15, 0.2) is 11.5 Å². The maximum atomic E-state index is 13.2. The molecule has 0 unspecified atom stereocenters. The molecule has 0 aliphatic carbocycles. The number of hydrogen-bond acceptors (Lipinski definition) is 7. The fourth-order valence-electron chi connectivity index (χ4n) is 4.62. The number of carbonyl (C=O) groups is 2. The molecule has 1 amide bonds. The highest BCUT2D eigenvalue weighted by Gasteiger charge is 2.46. The third-order valence-electron chi connectivity index (χ3n) is 6.42. The van der Waals surface area contributed by atoms with Gasteiger partial charge >= 0.3 is 0 Å². The SMILES string of the molecule is C=CCOc1ccc([C@@H]2C(=C(O)c3ccccc3)C(=O)C(=O)N2CCCN2CCOCC2)cc1OC. The van der Waals surface area contributed by atoms with E-state index in [4.69, 9.17) is 14.2 Å². The predicted octanol–water partition coefficient (Wildman–Crippen LogP) is 3.40. The van der Waals surface area contributed by atoms with Crippen LogP contribution in [0.15, 0.2) is 66.8 Å². The lowest BCUT2D eigenvalue weighted by Gasteiger charge is -2.29. The molecule has 1 atom stereocenters. The molecule has 2 saturated heterocycles. The van der Waals surface area contributed by atoms with Crippen LogP contribution in [0.5, 0.6) is 11.5 Å². The van der Waals surface area contributed by atoms with E-state index in [2.05, 4.69) is 11.5 Å². The van der Waals surface area contributed by atoms with Crippen molar-refractivity contribution in [3.8, 4) is 11.5 Å². The number of amides is 1. The lowest BCUT2D eigenvalue weighted by Crippen LogP contribution is -2.39. The molecule has 2 fully saturated rings. The molecule has 4 rings (SSSR count). The predicted molar refractivity (Wildman–Crippen MR) is 136 cm³/mol. The van der Waals surface area contributed by atoms with Gasteiger partial charge in [-0.1, -0.05) is 49.1 Å². The Bertz CT molecular complexity index is 1120. The van der Waals surface area contributed by atoms with Crippen LogP contribution in [0.3, 0.4) is 0 Å². The monoisotopic (exact) mass is 492 g/mol. The number of morpholine rings is 1. The highest BCUT2D eigenvalue weighted by molar-refractivity contribution is 6.46. The summed E-state index contributed by atoms with van der Waals surface area (Å²) in [6, 6.07) is 13.3. The van der Waals surface area contributed by atoms with Crippen LogP contribution in [0.25, 0.3) is 5.76 Å². The first-order chi connectivity index (χ1) is 17.5. The Kier molecular flexibility index (Phi) is 8.40. The van der Waals surface area contributed by atoms with Crippen molar-refractivity contribution in [1.29, 1.82) is 0 Å². The van der Waals surface area contributed by atoms with E-state index in [0.717, 1.165) is 19.6 Å². The Morgan fingerprint density at radius 1 is 1.11 bits per heavy atom. The number of hydrogen-bond donors (Lipinski definition) is 1. The minimum absolute atomic E-state index is 0.0689. The Morgan fingerprint density at radius 3 is 2.56 bits per heavy atom. The van der Waals surface area contributed by atoms with E-state index in [9.17, 15) is 14.7 Å². The van der Waals surface area contributed by atoms with Gasteiger partial charge < -0.3 is 24.2 Å². The van der Waals surface area contributed by atoms with Gasteiger partial charge in [0.25, 0.3) is 11.7 Å². The zero-order valence-corrected chi connectivity index (χ0v) is 20.5. The normalized spacial score (nSPS) is 19.9. The molecule has 0 saturated carbocycles. The Labute approximate surface area is 211 Å². The van der Waals surface area contributed by atoms with E-state index in [1.165, 1.54) is 7.11 Å². The molecular weight excluding hydrogens is 460 g/mol. The number of ether oxygens (including phenoxy) is 3. The first-order valence-electron chi connectivity index (χ1n) is 12.1. The second-order valence-corrected chi connectivity index (χ2v) is 8.68. The first kappa shape index (κ1) is 25.5. The van der Waals surface area contributed by atoms with Crippen LogP contribution in [0.1, 0.15) is 23.6 Å². The molecular formula is C28H32N2O6. The number of aliphatic hydroxyl groups is 1. The third kappa shape index (κ3) is 5.45. The number of benzene rings is 2. The molecule has 2 aromatic rings. The number of rotatable bonds is 10. The summed E-state index contributed by atoms with van der Waals surface area (Å²) in [5.41, 5.74) is 1.20. The number of Topliss-reactive ketones (excluding diaryl/α,β-unsaturated/α-hetero) is 1. The fraction of sp³-hybridized carbons (Fsp3) is 0.357. The van der Waals surface area contributed by atoms with E-state index < -0.39 is 17.7 Å². The van der Waals surface area contributed by atoms with Crippen molar-refractivity contribution in [3.63, 3.8) is 0 Å². The van der Waals surface area contributed by atoms with Gasteiger partial charge in [0.05, 0.1) is 31.9 Å². The standard InChI is InChI=1S/C28H32N2O6/c1-3-16-36-22-11-10-21(19-23(22)34-2)25-24(26(31)20-8-5-4-6-9-20)27(32)28(33)30(25)13-7-12-29-14-17-35-18-15-29/h3-6,8-11,19,25,31H,1,7,12-18H2,2H3/t25-/m1/s1. The van der Waals surface area contributed by atoms with Gasteiger partial charge in [-0.05, 0) is 24.1 Å². The summed E-state index contributed by atoms with van der Waals surface area (Å²) in [5, 5.41) is 11.2. The number of nitrogens with zero attached hydrogens (tertiary/aromatic N) is 2. The molecule has 0 aromatic heterocycles. The maximum Gasteiger partial charge on any atom is 0.295 e. The molecule has 8 nitrogen and oxygen atoms in total. The van der Waals surface area contributed by atoms with E-state index in [1.807, 2.05) is 6.07 Å². The van der Waals surface area contributed by atoms with Crippen LogP contribution in [0.4, 0.5) is 0 Å². The molecule has 2 aliphatic heterocycles. The van der Waals surface area contributed by atoms with Gasteiger partial charge in [-0.3, -0.25) is 14.5 Å². The molecule has 2 aliphatic rings. The average Bonchev–Trinajstić information content (AvgIpc) is 3.17. The van der Waals surface area contributed by atoms with Crippen LogP contribution in [-0.2, 0) is 14.3 Å². The van der Waals surface area contributed by atoms with Crippen LogP contribution in [0.2, 0.25) is 0 Å². The summed E-state index contributed by atoms with van der Waals surface area (Å²) >= 11 is 0. The molecule has 2 heterocycles. The third-order valence-corrected chi connectivity index (χ3v) is 6.42. The number of ketones is 1. The van der Waals surface area contributed by atoms with E-state index in [-0.39, 0.29) is 11.3 Å². The Morgan fingerprint density at radius 2 is 1.86 bits per heavy atom. The topological polar surface area (TPSA) is 88.5 Å². The van der Waals surface area contributed by atoms with Gasteiger partial charge in [0.2, 0.25) is 0 Å². The molecule has 2 aromatic carbocycles. The summed E-state index contributed by atoms with van der Waals surface area (Å²) in [5.74, 6) is -0.522. The summed E-state index contributed by atoms with van der Waals surface area (Å²) in [6.07, 6.45) is 2.32. The Hall–Kier alpha value is -3.62. The van der Waals surface area contributed by atoms with Crippen LogP contribution in [0, 0.1) is 0 Å². The highest BCUT2D eigenvalue weighted by atomic mass is 16.5. The van der Waals surface area contributed by atoms with Crippen LogP contribution >= 0.6 is 0 Å². The van der Waals surface area contributed by atoms with Crippen molar-refractivity contribution in [1.82, 2.24) is 9.80 Å². The van der Waals surface area contributed by atoms with Crippen molar-refractivity contribution in [2.45, 2.75) is 12.5 Å². The number of carbonyl (C=O) groups excluding carboxylic acids is 2. The zero-order chi connectivity index (χ0) is 25.5. The van der Waals surface area contributed by atoms with Crippen molar-refractivity contribution >= 4 is 17.4 Å². The number of aliphatic hydroxyl groups excluding tert-OH is 1. The van der Waals surface area contributed by atoms with Gasteiger partial charge in [0, 0.05) is 31.7 Å². The molecule has 1 N–H and O–H groups in total. The number of methoxy groups -OCH3 is 1. The van der Waals surface area contributed by atoms with E-state index in [1.54, 1.807) is 53.4 Å². The van der Waals surface area contributed by atoms with Gasteiger partial charge in [-0.15, -0.1) is 0 Å². The summed E-state index contributed by atoms with van der Waals surface area (Å²) < 4.78 is 16.6. The smallest absolute Gasteiger partial charge is 0.295 e. The molecule has 8 heteroatoms. The minimum atomic E-state index is -0.753. The minimum Gasteiger partial charge on any atom is -0.507 e. The van der Waals surface area contributed by atoms with Crippen LogP contribution < -0.4 is 9.47 Å². The Balaban J connectivity index is 1.70. The summed E-state index contributed by atoms with van der Waals surface area (Å²) in [6.45, 7) is 8.22.